The van der Waals surface area contributed by atoms with Gasteiger partial charge in [-0.2, -0.15) is 9.36 Å². The van der Waals surface area contributed by atoms with E-state index in [-0.39, 0.29) is 0 Å². The summed E-state index contributed by atoms with van der Waals surface area (Å²) in [6.45, 7) is 3.81. The first-order valence-corrected chi connectivity index (χ1v) is 9.61. The van der Waals surface area contributed by atoms with Crippen molar-refractivity contribution in [3.05, 3.63) is 65.6 Å². The minimum Gasteiger partial charge on any atom is -0.374 e. The number of nitrogens with zero attached hydrogens (tertiary/aromatic N) is 5. The van der Waals surface area contributed by atoms with E-state index >= 15 is 0 Å². The summed E-state index contributed by atoms with van der Waals surface area (Å²) < 4.78 is 4.47. The molecule has 0 N–H and O–H groups in total. The summed E-state index contributed by atoms with van der Waals surface area (Å²) >= 11 is 7.39. The number of anilines is 1. The first kappa shape index (κ1) is 17.0. The Labute approximate surface area is 161 Å². The molecule has 26 heavy (non-hydrogen) atoms. The minimum atomic E-state index is 0.456. The molecule has 0 radical (unpaired) electrons. The average molecular weight is 384 g/mol. The lowest BCUT2D eigenvalue weighted by atomic mass is 10.2. The zero-order valence-electron chi connectivity index (χ0n) is 14.1. The predicted octanol–water partition coefficient (Wildman–Crippen LogP) is 4.05. The second-order valence-corrected chi connectivity index (χ2v) is 7.13. The average Bonchev–Trinajstić information content (AvgIpc) is 3.18. The lowest BCUT2D eigenvalue weighted by molar-refractivity contribution is 0.351. The van der Waals surface area contributed by atoms with E-state index in [4.69, 9.17) is 11.6 Å². The van der Waals surface area contributed by atoms with Gasteiger partial charge in [-0.1, -0.05) is 41.9 Å². The molecular formula is C19H18ClN5S. The first-order valence-electron chi connectivity index (χ1n) is 8.46. The number of aromatic nitrogens is 3. The molecule has 0 saturated carbocycles. The van der Waals surface area contributed by atoms with Crippen molar-refractivity contribution in [1.82, 2.24) is 19.2 Å². The lowest BCUT2D eigenvalue weighted by Crippen LogP contribution is -2.44. The topological polar surface area (TPSA) is 45.2 Å². The van der Waals surface area contributed by atoms with E-state index in [0.29, 0.717) is 11.0 Å². The van der Waals surface area contributed by atoms with Crippen molar-refractivity contribution in [2.24, 2.45) is 0 Å². The maximum Gasteiger partial charge on any atom is 0.205 e. The highest BCUT2D eigenvalue weighted by Crippen LogP contribution is 2.25. The Morgan fingerprint density at radius 1 is 1.04 bits per heavy atom. The zero-order chi connectivity index (χ0) is 17.8. The van der Waals surface area contributed by atoms with Crippen LogP contribution in [-0.4, -0.2) is 45.4 Å². The van der Waals surface area contributed by atoms with Crippen LogP contribution >= 0.6 is 23.1 Å². The van der Waals surface area contributed by atoms with Gasteiger partial charge >= 0.3 is 0 Å². The van der Waals surface area contributed by atoms with Crippen LogP contribution in [0.15, 0.2) is 54.9 Å². The third-order valence-electron chi connectivity index (χ3n) is 4.26. The summed E-state index contributed by atoms with van der Waals surface area (Å²) in [4.78, 5) is 13.3. The van der Waals surface area contributed by atoms with E-state index in [1.54, 1.807) is 12.3 Å². The second-order valence-electron chi connectivity index (χ2n) is 6.02. The molecule has 1 saturated heterocycles. The van der Waals surface area contributed by atoms with Gasteiger partial charge in [0.1, 0.15) is 5.15 Å². The van der Waals surface area contributed by atoms with Crippen LogP contribution in [-0.2, 0) is 0 Å². The number of rotatable bonds is 4. The number of piperazine rings is 1. The van der Waals surface area contributed by atoms with E-state index < -0.39 is 0 Å². The van der Waals surface area contributed by atoms with Crippen LogP contribution < -0.4 is 4.90 Å². The van der Waals surface area contributed by atoms with Crippen molar-refractivity contribution >= 4 is 34.3 Å². The van der Waals surface area contributed by atoms with Gasteiger partial charge < -0.3 is 9.80 Å². The molecule has 0 atom stereocenters. The van der Waals surface area contributed by atoms with Gasteiger partial charge in [-0.25, -0.2) is 4.98 Å². The molecule has 0 bridgehead atoms. The molecule has 0 amide bonds. The highest BCUT2D eigenvalue weighted by molar-refractivity contribution is 7.09. The summed E-state index contributed by atoms with van der Waals surface area (Å²) in [5.41, 5.74) is 2.12. The number of halogens is 1. The molecule has 1 aromatic carbocycles. The fourth-order valence-electron chi connectivity index (χ4n) is 2.82. The summed E-state index contributed by atoms with van der Waals surface area (Å²) in [5.74, 6) is 0.709. The van der Waals surface area contributed by atoms with Crippen molar-refractivity contribution in [2.45, 2.75) is 0 Å². The fraction of sp³-hybridized carbons (Fsp3) is 0.211. The lowest BCUT2D eigenvalue weighted by Gasteiger charge is -2.33. The molecule has 1 aliphatic heterocycles. The van der Waals surface area contributed by atoms with Crippen LogP contribution in [0.5, 0.6) is 0 Å². The number of benzene rings is 1. The molecule has 132 valence electrons. The van der Waals surface area contributed by atoms with Gasteiger partial charge in [-0.15, -0.1) is 0 Å². The Bertz CT molecular complexity index is 888. The van der Waals surface area contributed by atoms with E-state index in [2.05, 4.69) is 60.7 Å². The summed E-state index contributed by atoms with van der Waals surface area (Å²) in [6, 6.07) is 14.0. The summed E-state index contributed by atoms with van der Waals surface area (Å²) in [6.07, 6.45) is 6.01. The van der Waals surface area contributed by atoms with Crippen LogP contribution in [0.1, 0.15) is 5.56 Å². The van der Waals surface area contributed by atoms with Crippen LogP contribution in [0.4, 0.5) is 5.13 Å². The summed E-state index contributed by atoms with van der Waals surface area (Å²) in [5, 5.41) is 1.41. The molecule has 1 fully saturated rings. The third-order valence-corrected chi connectivity index (χ3v) is 5.25. The number of pyridine rings is 1. The van der Waals surface area contributed by atoms with Crippen LogP contribution in [0, 0.1) is 0 Å². The molecule has 2 aromatic heterocycles. The van der Waals surface area contributed by atoms with Gasteiger partial charge in [0.15, 0.2) is 5.82 Å². The molecule has 3 aromatic rings. The van der Waals surface area contributed by atoms with Gasteiger partial charge in [0.2, 0.25) is 5.13 Å². The molecule has 4 rings (SSSR count). The highest BCUT2D eigenvalue weighted by atomic mass is 35.5. The largest absolute Gasteiger partial charge is 0.374 e. The van der Waals surface area contributed by atoms with Crippen molar-refractivity contribution in [1.29, 1.82) is 0 Å². The molecular weight excluding hydrogens is 366 g/mol. The Balaban J connectivity index is 1.37. The van der Waals surface area contributed by atoms with E-state index in [1.807, 2.05) is 12.1 Å². The fourth-order valence-corrected chi connectivity index (χ4v) is 3.73. The van der Waals surface area contributed by atoms with Crippen molar-refractivity contribution in [3.63, 3.8) is 0 Å². The molecule has 5 nitrogen and oxygen atoms in total. The smallest absolute Gasteiger partial charge is 0.205 e. The number of hydrogen-bond donors (Lipinski definition) is 0. The van der Waals surface area contributed by atoms with Gasteiger partial charge in [0.05, 0.1) is 0 Å². The van der Waals surface area contributed by atoms with Gasteiger partial charge in [0, 0.05) is 49.5 Å². The van der Waals surface area contributed by atoms with Gasteiger partial charge in [-0.3, -0.25) is 0 Å². The SMILES string of the molecule is Clc1cc(-c2nsc(N3CCN(C=Cc4ccccc4)CC3)n2)ccn1. The minimum absolute atomic E-state index is 0.456. The first-order chi connectivity index (χ1) is 12.8. The van der Waals surface area contributed by atoms with E-state index in [0.717, 1.165) is 36.9 Å². The zero-order valence-corrected chi connectivity index (χ0v) is 15.7. The van der Waals surface area contributed by atoms with Crippen molar-refractivity contribution < 1.29 is 0 Å². The Morgan fingerprint density at radius 2 is 1.85 bits per heavy atom. The predicted molar refractivity (Wildman–Crippen MR) is 107 cm³/mol. The van der Waals surface area contributed by atoms with Crippen LogP contribution in [0.2, 0.25) is 5.15 Å². The van der Waals surface area contributed by atoms with Crippen LogP contribution in [0.25, 0.3) is 17.5 Å². The third kappa shape index (κ3) is 4.03. The normalized spacial score (nSPS) is 15.0. The standard InChI is InChI=1S/C19H18ClN5S/c20-17-14-16(6-8-21-17)18-22-19(26-23-18)25-12-10-24(11-13-25)9-7-15-4-2-1-3-5-15/h1-9,14H,10-13H2. The maximum atomic E-state index is 5.95. The molecule has 1 aliphatic rings. The Kier molecular flexibility index (Phi) is 5.13. The van der Waals surface area contributed by atoms with Crippen molar-refractivity contribution in [2.75, 3.05) is 31.1 Å². The highest BCUT2D eigenvalue weighted by Gasteiger charge is 2.19. The molecule has 0 spiro atoms. The van der Waals surface area contributed by atoms with E-state index in [9.17, 15) is 0 Å². The number of hydrogen-bond acceptors (Lipinski definition) is 6. The molecule has 0 unspecified atom stereocenters. The Hall–Kier alpha value is -2.44. The van der Waals surface area contributed by atoms with E-state index in [1.165, 1.54) is 17.1 Å². The second kappa shape index (κ2) is 7.85. The quantitative estimate of drug-likeness (QED) is 0.636. The monoisotopic (exact) mass is 383 g/mol. The Morgan fingerprint density at radius 3 is 2.62 bits per heavy atom. The molecule has 0 aliphatic carbocycles. The molecule has 3 heterocycles. The van der Waals surface area contributed by atoms with Gasteiger partial charge in [-0.05, 0) is 30.0 Å². The van der Waals surface area contributed by atoms with Crippen molar-refractivity contribution in [3.8, 4) is 11.4 Å². The van der Waals surface area contributed by atoms with Gasteiger partial charge in [0.25, 0.3) is 0 Å². The van der Waals surface area contributed by atoms with Crippen LogP contribution in [0.3, 0.4) is 0 Å². The molecule has 7 heteroatoms. The summed E-state index contributed by atoms with van der Waals surface area (Å²) in [7, 11) is 0. The maximum absolute atomic E-state index is 5.95.